The molecular weight excluding hydrogens is 346 g/mol. The van der Waals surface area contributed by atoms with Gasteiger partial charge in [0.15, 0.2) is 11.5 Å². The first-order valence-corrected chi connectivity index (χ1v) is 8.74. The molecule has 0 spiro atoms. The molecule has 1 aromatic heterocycles. The van der Waals surface area contributed by atoms with Crippen molar-refractivity contribution in [3.05, 3.63) is 41.7 Å². The van der Waals surface area contributed by atoms with Crippen molar-refractivity contribution >= 4 is 11.9 Å². The summed E-state index contributed by atoms with van der Waals surface area (Å²) in [6, 6.07) is 7.41. The summed E-state index contributed by atoms with van der Waals surface area (Å²) in [5.74, 6) is 1.62. The third kappa shape index (κ3) is 6.41. The number of nitrogens with zero attached hydrogens (tertiary/aromatic N) is 3. The van der Waals surface area contributed by atoms with Gasteiger partial charge in [0.05, 0.1) is 14.2 Å². The minimum Gasteiger partial charge on any atom is -0.493 e. The molecule has 8 heteroatoms. The Morgan fingerprint density at radius 3 is 2.59 bits per heavy atom. The lowest BCUT2D eigenvalue weighted by atomic mass is 10.1. The van der Waals surface area contributed by atoms with Gasteiger partial charge in [-0.1, -0.05) is 6.07 Å². The molecule has 0 aliphatic rings. The van der Waals surface area contributed by atoms with E-state index in [0.29, 0.717) is 36.2 Å². The van der Waals surface area contributed by atoms with E-state index < -0.39 is 0 Å². The number of likely N-dealkylation sites (N-methyl/N-ethyl adjacent to an activating group) is 1. The molecule has 1 amide bonds. The van der Waals surface area contributed by atoms with Crippen LogP contribution in [0, 0.1) is 0 Å². The first-order valence-electron chi connectivity index (χ1n) is 8.74. The topological polar surface area (TPSA) is 88.6 Å². The molecule has 2 rings (SSSR count). The molecular formula is C19H27N5O3. The predicted octanol–water partition coefficient (Wildman–Crippen LogP) is 1.44. The highest BCUT2D eigenvalue weighted by Gasteiger charge is 2.09. The lowest BCUT2D eigenvalue weighted by molar-refractivity contribution is 0.0946. The summed E-state index contributed by atoms with van der Waals surface area (Å²) in [6.45, 7) is 1.96. The number of amides is 1. The SMILES string of the molecule is COc1ccc(CCNc2nccc(C(=O)NCCN(C)C)n2)cc1OC. The van der Waals surface area contributed by atoms with Crippen LogP contribution in [0.5, 0.6) is 11.5 Å². The number of nitrogens with one attached hydrogen (secondary N) is 2. The van der Waals surface area contributed by atoms with E-state index in [-0.39, 0.29) is 5.91 Å². The van der Waals surface area contributed by atoms with Crippen LogP contribution in [0.4, 0.5) is 5.95 Å². The molecule has 0 fully saturated rings. The number of aromatic nitrogens is 2. The zero-order valence-corrected chi connectivity index (χ0v) is 16.3. The Balaban J connectivity index is 1.88. The average molecular weight is 373 g/mol. The average Bonchev–Trinajstić information content (AvgIpc) is 2.67. The van der Waals surface area contributed by atoms with E-state index in [2.05, 4.69) is 20.6 Å². The quantitative estimate of drug-likeness (QED) is 0.651. The second kappa shape index (κ2) is 10.3. The largest absolute Gasteiger partial charge is 0.493 e. The minimum atomic E-state index is -0.206. The van der Waals surface area contributed by atoms with E-state index in [1.165, 1.54) is 0 Å². The third-order valence-corrected chi connectivity index (χ3v) is 3.88. The van der Waals surface area contributed by atoms with Crippen LogP contribution in [-0.2, 0) is 6.42 Å². The maximum absolute atomic E-state index is 12.1. The molecule has 0 saturated heterocycles. The second-order valence-electron chi connectivity index (χ2n) is 6.19. The van der Waals surface area contributed by atoms with E-state index in [9.17, 15) is 4.79 Å². The number of methoxy groups -OCH3 is 2. The van der Waals surface area contributed by atoms with Crippen LogP contribution in [0.3, 0.4) is 0 Å². The summed E-state index contributed by atoms with van der Waals surface area (Å²) >= 11 is 0. The van der Waals surface area contributed by atoms with Crippen molar-refractivity contribution in [3.63, 3.8) is 0 Å². The van der Waals surface area contributed by atoms with Crippen LogP contribution >= 0.6 is 0 Å². The van der Waals surface area contributed by atoms with E-state index >= 15 is 0 Å². The Morgan fingerprint density at radius 2 is 1.89 bits per heavy atom. The van der Waals surface area contributed by atoms with Crippen LogP contribution < -0.4 is 20.1 Å². The number of rotatable bonds is 10. The second-order valence-corrected chi connectivity index (χ2v) is 6.19. The molecule has 2 aromatic rings. The smallest absolute Gasteiger partial charge is 0.270 e. The number of benzene rings is 1. The summed E-state index contributed by atoms with van der Waals surface area (Å²) in [4.78, 5) is 22.6. The van der Waals surface area contributed by atoms with Gasteiger partial charge in [-0.2, -0.15) is 0 Å². The van der Waals surface area contributed by atoms with Gasteiger partial charge in [-0.05, 0) is 44.3 Å². The highest BCUT2D eigenvalue weighted by Crippen LogP contribution is 2.27. The molecule has 0 aliphatic heterocycles. The summed E-state index contributed by atoms with van der Waals surface area (Å²) in [5, 5.41) is 5.98. The van der Waals surface area contributed by atoms with Crippen LogP contribution in [0.25, 0.3) is 0 Å². The molecule has 2 N–H and O–H groups in total. The fourth-order valence-electron chi connectivity index (χ4n) is 2.41. The van der Waals surface area contributed by atoms with Crippen LogP contribution in [0.1, 0.15) is 16.1 Å². The Labute approximate surface area is 159 Å². The van der Waals surface area contributed by atoms with Crippen LogP contribution in [0.2, 0.25) is 0 Å². The number of anilines is 1. The lowest BCUT2D eigenvalue weighted by Gasteiger charge is -2.11. The van der Waals surface area contributed by atoms with Gasteiger partial charge in [-0.3, -0.25) is 4.79 Å². The van der Waals surface area contributed by atoms with E-state index in [0.717, 1.165) is 18.5 Å². The number of hydrogen-bond acceptors (Lipinski definition) is 7. The molecule has 0 unspecified atom stereocenters. The van der Waals surface area contributed by atoms with Crippen molar-refractivity contribution in [3.8, 4) is 11.5 Å². The van der Waals surface area contributed by atoms with Crippen molar-refractivity contribution in [1.29, 1.82) is 0 Å². The van der Waals surface area contributed by atoms with Gasteiger partial charge < -0.3 is 25.0 Å². The molecule has 0 bridgehead atoms. The zero-order chi connectivity index (χ0) is 19.6. The lowest BCUT2D eigenvalue weighted by Crippen LogP contribution is -2.32. The van der Waals surface area contributed by atoms with Gasteiger partial charge >= 0.3 is 0 Å². The molecule has 27 heavy (non-hydrogen) atoms. The van der Waals surface area contributed by atoms with Gasteiger partial charge in [0.25, 0.3) is 5.91 Å². The van der Waals surface area contributed by atoms with E-state index in [1.807, 2.05) is 37.2 Å². The van der Waals surface area contributed by atoms with Gasteiger partial charge in [-0.15, -0.1) is 0 Å². The molecule has 0 atom stereocenters. The molecule has 1 heterocycles. The normalized spacial score (nSPS) is 10.6. The first kappa shape index (κ1) is 20.4. The van der Waals surface area contributed by atoms with Crippen molar-refractivity contribution in [2.24, 2.45) is 0 Å². The van der Waals surface area contributed by atoms with Gasteiger partial charge in [-0.25, -0.2) is 9.97 Å². The maximum Gasteiger partial charge on any atom is 0.270 e. The molecule has 0 radical (unpaired) electrons. The standard InChI is InChI=1S/C19H27N5O3/c1-24(2)12-11-20-18(25)15-8-10-22-19(23-15)21-9-7-14-5-6-16(26-3)17(13-14)27-4/h5-6,8,10,13H,7,9,11-12H2,1-4H3,(H,20,25)(H,21,22,23). The molecule has 0 saturated carbocycles. The van der Waals surface area contributed by atoms with Gasteiger partial charge in [0.2, 0.25) is 5.95 Å². The predicted molar refractivity (Wildman–Crippen MR) is 105 cm³/mol. The van der Waals surface area contributed by atoms with Crippen molar-refractivity contribution in [2.75, 3.05) is 53.3 Å². The van der Waals surface area contributed by atoms with Crippen LogP contribution in [0.15, 0.2) is 30.5 Å². The number of carbonyl (C=O) groups excluding carboxylic acids is 1. The highest BCUT2D eigenvalue weighted by molar-refractivity contribution is 5.92. The fraction of sp³-hybridized carbons (Fsp3) is 0.421. The Bertz CT molecular complexity index is 752. The monoisotopic (exact) mass is 373 g/mol. The Kier molecular flexibility index (Phi) is 7.81. The van der Waals surface area contributed by atoms with E-state index in [4.69, 9.17) is 9.47 Å². The first-order chi connectivity index (χ1) is 13.0. The Morgan fingerprint density at radius 1 is 1.11 bits per heavy atom. The summed E-state index contributed by atoms with van der Waals surface area (Å²) < 4.78 is 10.6. The molecule has 8 nitrogen and oxygen atoms in total. The van der Waals surface area contributed by atoms with Crippen molar-refractivity contribution in [2.45, 2.75) is 6.42 Å². The van der Waals surface area contributed by atoms with E-state index in [1.54, 1.807) is 26.5 Å². The number of carbonyl (C=O) groups is 1. The number of hydrogen-bond donors (Lipinski definition) is 2. The van der Waals surface area contributed by atoms with Crippen molar-refractivity contribution < 1.29 is 14.3 Å². The fourth-order valence-corrected chi connectivity index (χ4v) is 2.41. The Hall–Kier alpha value is -2.87. The van der Waals surface area contributed by atoms with Crippen molar-refractivity contribution in [1.82, 2.24) is 20.2 Å². The summed E-state index contributed by atoms with van der Waals surface area (Å²) in [7, 11) is 7.14. The highest BCUT2D eigenvalue weighted by atomic mass is 16.5. The van der Waals surface area contributed by atoms with Crippen LogP contribution in [-0.4, -0.2) is 68.7 Å². The van der Waals surface area contributed by atoms with Gasteiger partial charge in [0, 0.05) is 25.8 Å². The maximum atomic E-state index is 12.1. The third-order valence-electron chi connectivity index (χ3n) is 3.88. The minimum absolute atomic E-state index is 0.206. The summed E-state index contributed by atoms with van der Waals surface area (Å²) in [5.41, 5.74) is 1.44. The summed E-state index contributed by atoms with van der Waals surface area (Å²) in [6.07, 6.45) is 2.33. The molecule has 0 aliphatic carbocycles. The molecule has 146 valence electrons. The van der Waals surface area contributed by atoms with Gasteiger partial charge in [0.1, 0.15) is 5.69 Å². The number of ether oxygens (including phenoxy) is 2. The molecule has 1 aromatic carbocycles. The zero-order valence-electron chi connectivity index (χ0n) is 16.3.